The fourth-order valence-corrected chi connectivity index (χ4v) is 15.8. The van der Waals surface area contributed by atoms with Crippen molar-refractivity contribution in [3.63, 3.8) is 0 Å². The minimum Gasteiger partial charge on any atom is -0.388 e. The predicted molar refractivity (Wildman–Crippen MR) is 418 cm³/mol. The third-order valence-electron chi connectivity index (χ3n) is 22.9. The van der Waals surface area contributed by atoms with Crippen molar-refractivity contribution in [1.29, 1.82) is 0 Å². The second-order valence-electron chi connectivity index (χ2n) is 31.6. The number of hydrogen-bond acceptors (Lipinski definition) is 52. The lowest BCUT2D eigenvalue weighted by Crippen LogP contribution is -2.70. The molecule has 57 nitrogen and oxygen atoms in total. The quantitative estimate of drug-likeness (QED) is 0.100. The molecule has 50 atom stereocenters. The summed E-state index contributed by atoms with van der Waals surface area (Å²) in [5, 5.41) is 377. The van der Waals surface area contributed by atoms with Crippen molar-refractivity contribution in [1.82, 2.24) is 53.2 Å². The van der Waals surface area contributed by atoms with Gasteiger partial charge in [-0.15, -0.1) is 0 Å². The van der Waals surface area contributed by atoms with Gasteiger partial charge in [-0.1, -0.05) is 0 Å². The van der Waals surface area contributed by atoms with E-state index in [1.807, 2.05) is 0 Å². The summed E-state index contributed by atoms with van der Waals surface area (Å²) in [6.07, 6.45) is -97.6. The van der Waals surface area contributed by atoms with Gasteiger partial charge in [-0.3, -0.25) is 9.47 Å². The monoisotopic (exact) mass is 1940 g/mol. The van der Waals surface area contributed by atoms with Crippen LogP contribution in [0.1, 0.15) is 0 Å². The number of ether oxygens (including phenoxy) is 15. The van der Waals surface area contributed by atoms with Crippen molar-refractivity contribution in [2.75, 3.05) is 65.4 Å². The Hall–Kier alpha value is -3.43. The van der Waals surface area contributed by atoms with Crippen molar-refractivity contribution < 1.29 is 234 Å². The average molecular weight is 1940 g/mol. The number of fused-ring (bicyclic) bond motifs is 20. The third kappa shape index (κ3) is 23.6. The van der Waals surface area contributed by atoms with Crippen LogP contribution in [0, 0.1) is 0 Å². The molecule has 42 N–H and O–H groups in total. The van der Waals surface area contributed by atoms with Crippen LogP contribution in [0.25, 0.3) is 0 Å². The molecule has 0 saturated carbocycles. The highest BCUT2D eigenvalue weighted by atomic mass is 32.1. The van der Waals surface area contributed by atoms with Crippen molar-refractivity contribution >= 4 is 86.7 Å². The molecule has 11 heterocycles. The van der Waals surface area contributed by atoms with Gasteiger partial charge in [0.05, 0.1) is 0 Å². The molecule has 11 saturated heterocycles. The number of aliphatic hydroxyl groups is 32. The number of rotatable bonds is 0. The Morgan fingerprint density at radius 2 is 0.299 bits per heavy atom. The van der Waals surface area contributed by atoms with Gasteiger partial charge in [0.15, 0.2) is 88.1 Å². The Labute approximate surface area is 742 Å². The van der Waals surface area contributed by atoms with Gasteiger partial charge in [0.25, 0.3) is 0 Å². The topological polar surface area (TPSA) is 906 Å². The first kappa shape index (κ1) is 104. The first-order valence-electron chi connectivity index (χ1n) is 39.5. The van der Waals surface area contributed by atoms with E-state index in [9.17, 15) is 163 Å². The Kier molecular flexibility index (Phi) is 36.2. The van der Waals surface area contributed by atoms with Crippen molar-refractivity contribution in [3.8, 4) is 0 Å². The molecule has 11 aliphatic rings. The zero-order chi connectivity index (χ0) is 93.3. The first-order chi connectivity index (χ1) is 59.6. The molecular weight excluding hydrogens is 1830 g/mol. The van der Waals surface area contributed by atoms with E-state index in [2.05, 4.69) is 53.2 Å². The maximum Gasteiger partial charge on any atom is 0.313 e. The number of aliphatic hydroxyl groups excluding tert-OH is 30. The summed E-state index contributed by atoms with van der Waals surface area (Å²) in [5.41, 5.74) is 0. The Morgan fingerprint density at radius 1 is 0.165 bits per heavy atom. The molecule has 0 aromatic heterocycles. The minimum atomic E-state index is -3.48. The van der Waals surface area contributed by atoms with Gasteiger partial charge in [-0.05, 0) is 61.1 Å². The zero-order valence-electron chi connectivity index (χ0n) is 65.8. The van der Waals surface area contributed by atoms with E-state index in [1.54, 1.807) is 0 Å². The summed E-state index contributed by atoms with van der Waals surface area (Å²) in [6.45, 7) is -6.13. The molecule has 11 aliphatic heterocycles. The average Bonchev–Trinajstić information content (AvgIpc) is 0.768. The van der Waals surface area contributed by atoms with Gasteiger partial charge >= 0.3 is 11.9 Å². The molecule has 20 bridgehead atoms. The molecule has 732 valence electrons. The largest absolute Gasteiger partial charge is 0.388 e. The van der Waals surface area contributed by atoms with Crippen LogP contribution in [0.15, 0.2) is 0 Å². The van der Waals surface area contributed by atoms with Gasteiger partial charge in [-0.2, -0.15) is 0 Å². The number of thiocarbonyl (C=S) groups is 5. The molecular formula is C65H110N10O47S5. The summed E-state index contributed by atoms with van der Waals surface area (Å²) in [4.78, 5) is 0. The van der Waals surface area contributed by atoms with Crippen LogP contribution in [0.2, 0.25) is 0 Å². The standard InChI is InChI=1S/C65H110N10O47S5/c76-21-11-1-66-59(123)68-3-13-23(78)33(88)43(98)53(110-13)117-55-45(100)35(90)25(80)15(112-55)5-70-62(126)74-9-19-29(84)39(94)49(104)64(106,119-19)121-57-47(102)37(92)27(82)17(114-57)7-72-61(125)73-8-18-28(83)38(93)48(103)58(115-18)122-65(107)50(105)40(95)30(85)20(120-65)10-75-63(127)71-6-16-26(81)36(91)46(101)56(113-16)118-54-44(99)34(89)24(79)14(111-54)4-69-60(124)67-2-12-22(77)32(87)42(97)52(109-12)116-51(108-11)41(96)31(21)86/h11-58,76-107H,1-10H2,(H2,66,68,123)(H2,67,69,124)(H2,70,74,126)(H2,71,75,127)(H2,72,73,125)/t11-,12-,13-,14-,15-,16-,17-,18-,19-,20-,21-,22-,23-,24-,25-,26-,27-,28-,29-,30-,31+,32+,33+,34+,35+,36+,37+,38+,39+,40+,41-,42-,43-,44-,45-,46-,47-,48-,49-,50-,51+,52+,53+,54+,55+,56+,57+,58+,64+,65+/m1/s1. The van der Waals surface area contributed by atoms with Crippen LogP contribution < -0.4 is 53.2 Å². The second-order valence-corrected chi connectivity index (χ2v) is 33.7. The van der Waals surface area contributed by atoms with Crippen LogP contribution in [-0.4, -0.2) is 561 Å². The van der Waals surface area contributed by atoms with E-state index in [0.29, 0.717) is 0 Å². The van der Waals surface area contributed by atoms with Gasteiger partial charge in [0, 0.05) is 65.4 Å². The smallest absolute Gasteiger partial charge is 0.313 e. The van der Waals surface area contributed by atoms with E-state index < -0.39 is 387 Å². The van der Waals surface area contributed by atoms with Gasteiger partial charge in [0.1, 0.15) is 232 Å². The Morgan fingerprint density at radius 3 is 0.465 bits per heavy atom. The maximum absolute atomic E-state index is 11.6. The van der Waals surface area contributed by atoms with Gasteiger partial charge in [0.2, 0.25) is 0 Å². The summed E-state index contributed by atoms with van der Waals surface area (Å²) in [7, 11) is 0. The lowest BCUT2D eigenvalue weighted by Gasteiger charge is -2.48. The van der Waals surface area contributed by atoms with Crippen LogP contribution >= 0.6 is 61.1 Å². The summed E-state index contributed by atoms with van der Waals surface area (Å²) in [6, 6.07) is 0. The molecule has 11 fully saturated rings. The fourth-order valence-electron chi connectivity index (χ4n) is 15.0. The van der Waals surface area contributed by atoms with E-state index in [-0.39, 0.29) is 10.2 Å². The molecule has 0 aliphatic carbocycles. The van der Waals surface area contributed by atoms with Crippen LogP contribution in [-0.2, 0) is 71.1 Å². The third-order valence-corrected chi connectivity index (χ3v) is 24.3. The van der Waals surface area contributed by atoms with E-state index in [1.165, 1.54) is 0 Å². The molecule has 0 aromatic rings. The minimum absolute atomic E-state index is 0.322. The van der Waals surface area contributed by atoms with Crippen molar-refractivity contribution in [2.45, 2.75) is 306 Å². The van der Waals surface area contributed by atoms with Crippen LogP contribution in [0.5, 0.6) is 0 Å². The zero-order valence-corrected chi connectivity index (χ0v) is 69.8. The van der Waals surface area contributed by atoms with E-state index >= 15 is 0 Å². The predicted octanol–water partition coefficient (Wildman–Crippen LogP) is -25.9. The molecule has 0 unspecified atom stereocenters. The van der Waals surface area contributed by atoms with Gasteiger partial charge < -0.3 is 278 Å². The Bertz CT molecular complexity index is 3390. The normalized spacial score (nSPS) is 52.1. The highest BCUT2D eigenvalue weighted by molar-refractivity contribution is 7.81. The van der Waals surface area contributed by atoms with E-state index in [0.717, 1.165) is 0 Å². The number of hydrogen-bond donors (Lipinski definition) is 42. The molecule has 0 spiro atoms. The lowest BCUT2D eigenvalue weighted by molar-refractivity contribution is -0.486. The fraction of sp³-hybridized carbons (Fsp3) is 0.923. The van der Waals surface area contributed by atoms with Crippen LogP contribution in [0.4, 0.5) is 0 Å². The highest BCUT2D eigenvalue weighted by Crippen LogP contribution is 2.39. The Balaban J connectivity index is 0.759. The molecule has 127 heavy (non-hydrogen) atoms. The molecule has 0 aromatic carbocycles. The number of nitrogens with one attached hydrogen (secondary N) is 10. The molecule has 62 heteroatoms. The summed E-state index contributed by atoms with van der Waals surface area (Å²) >= 11 is 26.7. The summed E-state index contributed by atoms with van der Waals surface area (Å²) in [5.74, 6) is -6.96. The highest BCUT2D eigenvalue weighted by Gasteiger charge is 2.62. The molecule has 0 amide bonds. The maximum atomic E-state index is 11.6. The molecule has 11 rings (SSSR count). The van der Waals surface area contributed by atoms with E-state index in [4.69, 9.17) is 132 Å². The van der Waals surface area contributed by atoms with Crippen molar-refractivity contribution in [3.05, 3.63) is 0 Å². The SMILES string of the molecule is O[C@@H]1[C@@H](O)[C@@H]2O[C@@H]3O[C@H](CNC(=S)NC[C@H]4O[C@@H](O[C@@H]5O[C@H](CNC(=S)NC[C@H]6O[C@](O)(O[C@@H]7O[C@H](CNC(=S)NC[C@H]8O[C@@H](O[C@@]9(O)O[C@H](CNC(=S)NC[C@H]%10O[C@@H](O[C@@H]%11O[C@H](CNC(=S)NC[C@@H](O2)[C@H]1O)[C@@H](O)[C@H](O)[C@H]%11O)[C@H](O)[C@@H](O)[C@@H]%10O)[C@@H](O)[C@H](O)[C@H]9O)[C@H](O)[C@@H](O)[C@@H]8O)[C@@H](O)[C@H](O)[C@H]7O)[C@H](O)[C@@H](O)[C@@H]6O)[C@@H](O)[C@H](O)[C@H]5O)[C@H](O)[C@@H](O)[C@@H]4O)[C@@H](O)[C@H](O)[C@H]3O. The molecule has 0 radical (unpaired) electrons. The van der Waals surface area contributed by atoms with Crippen LogP contribution in [0.3, 0.4) is 0 Å². The van der Waals surface area contributed by atoms with Gasteiger partial charge in [-0.25, -0.2) is 0 Å². The lowest BCUT2D eigenvalue weighted by atomic mass is 9.96. The van der Waals surface area contributed by atoms with Crippen molar-refractivity contribution in [2.24, 2.45) is 0 Å². The summed E-state index contributed by atoms with van der Waals surface area (Å²) < 4.78 is 84.5. The second kappa shape index (κ2) is 44.1. The first-order valence-corrected chi connectivity index (χ1v) is 41.6.